The minimum atomic E-state index is -4.48. The summed E-state index contributed by atoms with van der Waals surface area (Å²) in [6.45, 7) is 10.4. The van der Waals surface area contributed by atoms with Gasteiger partial charge in [0.1, 0.15) is 0 Å². The van der Waals surface area contributed by atoms with Crippen molar-refractivity contribution in [2.45, 2.75) is 17.2 Å². The summed E-state index contributed by atoms with van der Waals surface area (Å²) in [5.41, 5.74) is 0.217. The highest BCUT2D eigenvalue weighted by Crippen LogP contribution is 2.46. The molecule has 6 nitrogen and oxygen atoms in total. The van der Waals surface area contributed by atoms with Crippen molar-refractivity contribution < 1.29 is 28.2 Å². The number of alkyl halides is 3. The summed E-state index contributed by atoms with van der Waals surface area (Å²) < 4.78 is 40.0. The smallest absolute Gasteiger partial charge is 0.416 e. The first kappa shape index (κ1) is 24.4. The lowest BCUT2D eigenvalue weighted by molar-refractivity contribution is -0.139. The van der Waals surface area contributed by atoms with Gasteiger partial charge in [-0.3, -0.25) is 14.6 Å². The Bertz CT molecular complexity index is 911. The average molecular weight is 470 g/mol. The van der Waals surface area contributed by atoms with E-state index >= 15 is 0 Å². The van der Waals surface area contributed by atoms with Crippen LogP contribution in [0.2, 0.25) is 0 Å². The molecular formula is C22H26F3N3O3S. The van der Waals surface area contributed by atoms with Gasteiger partial charge in [-0.05, 0) is 24.3 Å². The Kier molecular flexibility index (Phi) is 7.71. The van der Waals surface area contributed by atoms with Crippen molar-refractivity contribution in [1.29, 1.82) is 0 Å². The van der Waals surface area contributed by atoms with Crippen molar-refractivity contribution in [2.75, 3.05) is 50.7 Å². The highest BCUT2D eigenvalue weighted by atomic mass is 32.2. The molecule has 10 heteroatoms. The van der Waals surface area contributed by atoms with E-state index in [2.05, 4.69) is 13.2 Å². The minimum Gasteiger partial charge on any atom is -0.480 e. The maximum absolute atomic E-state index is 13.3. The maximum atomic E-state index is 13.3. The van der Waals surface area contributed by atoms with Gasteiger partial charge in [0, 0.05) is 42.5 Å². The number of piperazine rings is 1. The number of halogens is 3. The molecule has 0 spiro atoms. The Hall–Kier alpha value is -2.27. The number of aliphatic hydroxyl groups excluding tert-OH is 1. The Labute approximate surface area is 189 Å². The largest absolute Gasteiger partial charge is 0.480 e. The Balaban J connectivity index is 1.76. The van der Waals surface area contributed by atoms with Crippen LogP contribution in [-0.2, 0) is 11.0 Å². The van der Waals surface area contributed by atoms with Gasteiger partial charge >= 0.3 is 12.1 Å². The van der Waals surface area contributed by atoms with Crippen LogP contribution in [0.4, 0.5) is 18.9 Å². The van der Waals surface area contributed by atoms with Crippen LogP contribution in [0.3, 0.4) is 0 Å². The molecule has 0 aliphatic carbocycles. The molecular weight excluding hydrogens is 443 g/mol. The van der Waals surface area contributed by atoms with Gasteiger partial charge in [0.2, 0.25) is 0 Å². The summed E-state index contributed by atoms with van der Waals surface area (Å²) in [7, 11) is 0. The lowest BCUT2D eigenvalue weighted by Gasteiger charge is -2.38. The number of allylic oxidation sites excluding steroid dienone is 2. The van der Waals surface area contributed by atoms with Crippen LogP contribution in [0.25, 0.3) is 0 Å². The van der Waals surface area contributed by atoms with E-state index in [1.54, 1.807) is 17.1 Å². The summed E-state index contributed by atoms with van der Waals surface area (Å²) in [4.78, 5) is 17.8. The van der Waals surface area contributed by atoms with Gasteiger partial charge < -0.3 is 15.1 Å². The summed E-state index contributed by atoms with van der Waals surface area (Å²) in [6.07, 6.45) is -2.13. The summed E-state index contributed by atoms with van der Waals surface area (Å²) in [5.74, 6) is -0.875. The normalized spacial score (nSPS) is 18.9. The van der Waals surface area contributed by atoms with Gasteiger partial charge in [0.15, 0.2) is 0 Å². The Morgan fingerprint density at radius 2 is 1.78 bits per heavy atom. The molecule has 1 atom stereocenters. The zero-order chi connectivity index (χ0) is 23.5. The molecule has 1 aromatic rings. The van der Waals surface area contributed by atoms with Crippen molar-refractivity contribution in [3.05, 3.63) is 59.7 Å². The predicted molar refractivity (Wildman–Crippen MR) is 119 cm³/mol. The second-order valence-electron chi connectivity index (χ2n) is 7.67. The van der Waals surface area contributed by atoms with Gasteiger partial charge in [0.25, 0.3) is 0 Å². The monoisotopic (exact) mass is 469 g/mol. The number of nitrogens with zero attached hydrogens (tertiary/aromatic N) is 3. The van der Waals surface area contributed by atoms with E-state index in [1.165, 1.54) is 17.8 Å². The van der Waals surface area contributed by atoms with Gasteiger partial charge in [-0.1, -0.05) is 31.0 Å². The molecule has 174 valence electrons. The molecule has 0 aromatic heterocycles. The summed E-state index contributed by atoms with van der Waals surface area (Å²) >= 11 is 1.32. The quantitative estimate of drug-likeness (QED) is 0.606. The van der Waals surface area contributed by atoms with Crippen molar-refractivity contribution in [2.24, 2.45) is 0 Å². The molecule has 3 rings (SSSR count). The molecule has 1 fully saturated rings. The molecule has 2 aliphatic rings. The predicted octanol–water partition coefficient (Wildman–Crippen LogP) is 3.26. The number of aliphatic carboxylic acids is 1. The van der Waals surface area contributed by atoms with E-state index in [1.807, 2.05) is 9.80 Å². The standard InChI is InChI=1S/C22H26F3N3O3S/c1-3-17-19(4-2)32-20-6-5-15(22(23,24)25)11-18(20)28(17)13-16(29)12-26-7-9-27(10-8-26)14-21(30)31/h3-6,11,16,29H,1-2,7-10,12-14H2,(H,30,31). The van der Waals surface area contributed by atoms with E-state index < -0.39 is 23.8 Å². The number of benzene rings is 1. The SMILES string of the molecule is C=CC1=C(C=C)N(CC(O)CN2CCN(CC(=O)O)CC2)c2cc(C(F)(F)F)ccc2S1. The third-order valence-corrected chi connectivity index (χ3v) is 6.57. The molecule has 2 N–H and O–H groups in total. The van der Waals surface area contributed by atoms with Gasteiger partial charge in [-0.15, -0.1) is 0 Å². The second kappa shape index (κ2) is 10.1. The van der Waals surface area contributed by atoms with Crippen molar-refractivity contribution >= 4 is 23.4 Å². The average Bonchev–Trinajstić information content (AvgIpc) is 2.73. The molecule has 0 saturated carbocycles. The van der Waals surface area contributed by atoms with Crippen LogP contribution in [0.15, 0.2) is 59.0 Å². The Morgan fingerprint density at radius 1 is 1.12 bits per heavy atom. The van der Waals surface area contributed by atoms with Crippen LogP contribution in [0.5, 0.6) is 0 Å². The number of hydrogen-bond donors (Lipinski definition) is 2. The van der Waals surface area contributed by atoms with E-state index in [9.17, 15) is 23.1 Å². The van der Waals surface area contributed by atoms with E-state index in [-0.39, 0.29) is 13.1 Å². The number of hydrogen-bond acceptors (Lipinski definition) is 6. The third kappa shape index (κ3) is 5.74. The first-order chi connectivity index (χ1) is 15.1. The highest BCUT2D eigenvalue weighted by Gasteiger charge is 2.34. The summed E-state index contributed by atoms with van der Waals surface area (Å²) in [6, 6.07) is 3.59. The number of carboxylic acids is 1. The topological polar surface area (TPSA) is 67.2 Å². The molecule has 32 heavy (non-hydrogen) atoms. The molecule has 1 aromatic carbocycles. The van der Waals surface area contributed by atoms with Crippen LogP contribution >= 0.6 is 11.8 Å². The first-order valence-electron chi connectivity index (χ1n) is 10.1. The minimum absolute atomic E-state index is 0.0159. The van der Waals surface area contributed by atoms with Gasteiger partial charge in [-0.2, -0.15) is 13.2 Å². The van der Waals surface area contributed by atoms with Crippen molar-refractivity contribution in [1.82, 2.24) is 9.80 Å². The summed E-state index contributed by atoms with van der Waals surface area (Å²) in [5, 5.41) is 19.7. The second-order valence-corrected chi connectivity index (χ2v) is 8.76. The van der Waals surface area contributed by atoms with Crippen LogP contribution in [-0.4, -0.2) is 77.9 Å². The fourth-order valence-electron chi connectivity index (χ4n) is 3.87. The molecule has 2 aliphatic heterocycles. The number of carbonyl (C=O) groups is 1. The number of aliphatic hydroxyl groups is 1. The van der Waals surface area contributed by atoms with Crippen LogP contribution in [0.1, 0.15) is 5.56 Å². The lowest BCUT2D eigenvalue weighted by Crippen LogP contribution is -2.51. The van der Waals surface area contributed by atoms with E-state index in [4.69, 9.17) is 5.11 Å². The van der Waals surface area contributed by atoms with Gasteiger partial charge in [-0.25, -0.2) is 0 Å². The third-order valence-electron chi connectivity index (χ3n) is 5.41. The highest BCUT2D eigenvalue weighted by molar-refractivity contribution is 8.03. The van der Waals surface area contributed by atoms with Gasteiger partial charge in [0.05, 0.1) is 36.1 Å². The number of rotatable bonds is 8. The van der Waals surface area contributed by atoms with Crippen LogP contribution < -0.4 is 4.90 Å². The Morgan fingerprint density at radius 3 is 2.34 bits per heavy atom. The number of fused-ring (bicyclic) bond motifs is 1. The maximum Gasteiger partial charge on any atom is 0.416 e. The van der Waals surface area contributed by atoms with Crippen molar-refractivity contribution in [3.63, 3.8) is 0 Å². The molecule has 0 radical (unpaired) electrons. The fourth-order valence-corrected chi connectivity index (χ4v) is 4.89. The number of anilines is 1. The lowest BCUT2D eigenvalue weighted by atomic mass is 10.1. The number of β-amino-alcohol motifs (C(OH)–C–C–N with tert-alkyl or cyclic N) is 1. The fraction of sp³-hybridized carbons (Fsp3) is 0.409. The van der Waals surface area contributed by atoms with Crippen LogP contribution in [0, 0.1) is 0 Å². The van der Waals surface area contributed by atoms with E-state index in [0.29, 0.717) is 49.0 Å². The van der Waals surface area contributed by atoms with Crippen molar-refractivity contribution in [3.8, 4) is 0 Å². The zero-order valence-electron chi connectivity index (χ0n) is 17.5. The number of carboxylic acid groups (broad SMARTS) is 1. The molecule has 1 saturated heterocycles. The molecule has 0 amide bonds. The molecule has 1 unspecified atom stereocenters. The molecule has 0 bridgehead atoms. The van der Waals surface area contributed by atoms with E-state index in [0.717, 1.165) is 17.0 Å². The zero-order valence-corrected chi connectivity index (χ0v) is 18.3. The molecule has 2 heterocycles. The first-order valence-corrected chi connectivity index (χ1v) is 10.9. The number of thioether (sulfide) groups is 1.